The van der Waals surface area contributed by atoms with Crippen molar-refractivity contribution in [3.63, 3.8) is 0 Å². The largest absolute Gasteiger partial charge is 0.450 e. The van der Waals surface area contributed by atoms with Crippen LogP contribution in [0.4, 0.5) is 27.8 Å². The number of nitrogens with zero attached hydrogens (tertiary/aromatic N) is 2. The minimum atomic E-state index is -0.758. The molecule has 0 aliphatic rings. The van der Waals surface area contributed by atoms with Crippen molar-refractivity contribution in [3.8, 4) is 0 Å². The zero-order valence-corrected chi connectivity index (χ0v) is 18.7. The molecule has 10 heteroatoms. The van der Waals surface area contributed by atoms with Crippen molar-refractivity contribution >= 4 is 35.4 Å². The number of anilines is 3. The maximum atomic E-state index is 12.1. The predicted octanol–water partition coefficient (Wildman–Crippen LogP) is 4.76. The molecule has 1 atom stereocenters. The average molecular weight is 463 g/mol. The van der Waals surface area contributed by atoms with Gasteiger partial charge in [-0.3, -0.25) is 15.4 Å². The van der Waals surface area contributed by atoms with Crippen LogP contribution in [0.5, 0.6) is 0 Å². The van der Waals surface area contributed by atoms with Gasteiger partial charge in [0.1, 0.15) is 17.8 Å². The number of hydrogen-bond donors (Lipinski definition) is 3. The molecule has 0 aliphatic heterocycles. The molecule has 0 spiro atoms. The SMILES string of the molecule is CCOC(=O)Nc1cc(NC(c2ccccc2)c2ccccc2)c([N+](=O)[O-])c(NC(C)C=O)n1. The standard InChI is InChI=1S/C24H25N5O5/c1-3-34-24(31)28-20-14-19(22(29(32)33)23(27-20)25-16(2)15-30)26-21(17-10-6-4-7-11-17)18-12-8-5-9-13-18/h4-16,21H,3H2,1-2H3,(H3,25,26,27,28,31). The topological polar surface area (TPSA) is 135 Å². The number of rotatable bonds is 10. The molecule has 0 fully saturated rings. The first-order chi connectivity index (χ1) is 16.4. The van der Waals surface area contributed by atoms with E-state index in [4.69, 9.17) is 4.74 Å². The molecule has 3 rings (SSSR count). The lowest BCUT2D eigenvalue weighted by molar-refractivity contribution is -0.383. The van der Waals surface area contributed by atoms with Crippen LogP contribution in [0.2, 0.25) is 0 Å². The third kappa shape index (κ3) is 6.06. The van der Waals surface area contributed by atoms with Crippen molar-refractivity contribution in [2.24, 2.45) is 0 Å². The first kappa shape index (κ1) is 24.2. The van der Waals surface area contributed by atoms with Crippen molar-refractivity contribution in [3.05, 3.63) is 88.0 Å². The molecule has 2 aromatic carbocycles. The highest BCUT2D eigenvalue weighted by atomic mass is 16.6. The first-order valence-corrected chi connectivity index (χ1v) is 10.6. The van der Waals surface area contributed by atoms with Crippen LogP contribution in [-0.4, -0.2) is 34.9 Å². The summed E-state index contributed by atoms with van der Waals surface area (Å²) in [5.41, 5.74) is 1.48. The maximum Gasteiger partial charge on any atom is 0.412 e. The van der Waals surface area contributed by atoms with Crippen LogP contribution >= 0.6 is 0 Å². The van der Waals surface area contributed by atoms with E-state index in [-0.39, 0.29) is 29.6 Å². The van der Waals surface area contributed by atoms with Crippen LogP contribution in [0.25, 0.3) is 0 Å². The number of aldehydes is 1. The van der Waals surface area contributed by atoms with Gasteiger partial charge in [0.2, 0.25) is 5.82 Å². The number of aromatic nitrogens is 1. The van der Waals surface area contributed by atoms with E-state index in [0.717, 1.165) is 11.1 Å². The van der Waals surface area contributed by atoms with Gasteiger partial charge in [0.05, 0.1) is 23.6 Å². The van der Waals surface area contributed by atoms with Gasteiger partial charge in [-0.1, -0.05) is 60.7 Å². The molecule has 176 valence electrons. The van der Waals surface area contributed by atoms with E-state index in [9.17, 15) is 19.7 Å². The smallest absolute Gasteiger partial charge is 0.412 e. The summed E-state index contributed by atoms with van der Waals surface area (Å²) in [7, 11) is 0. The van der Waals surface area contributed by atoms with Crippen LogP contribution in [0.1, 0.15) is 31.0 Å². The Morgan fingerprint density at radius 1 is 1.09 bits per heavy atom. The zero-order valence-electron chi connectivity index (χ0n) is 18.7. The number of ether oxygens (including phenoxy) is 1. The number of pyridine rings is 1. The van der Waals surface area contributed by atoms with Crippen LogP contribution in [0.3, 0.4) is 0 Å². The fourth-order valence-corrected chi connectivity index (χ4v) is 3.32. The van der Waals surface area contributed by atoms with E-state index in [1.807, 2.05) is 60.7 Å². The third-order valence-corrected chi connectivity index (χ3v) is 4.82. The lowest BCUT2D eigenvalue weighted by atomic mass is 9.98. The molecule has 0 saturated carbocycles. The van der Waals surface area contributed by atoms with E-state index in [1.54, 1.807) is 6.92 Å². The molecule has 1 aromatic heterocycles. The highest BCUT2D eigenvalue weighted by molar-refractivity contribution is 5.87. The van der Waals surface area contributed by atoms with Crippen molar-refractivity contribution in [2.75, 3.05) is 22.6 Å². The summed E-state index contributed by atoms with van der Waals surface area (Å²) in [5, 5.41) is 20.5. The molecule has 1 heterocycles. The van der Waals surface area contributed by atoms with Crippen LogP contribution in [0, 0.1) is 10.1 Å². The number of nitro groups is 1. The molecule has 0 radical (unpaired) electrons. The van der Waals surface area contributed by atoms with Crippen molar-refractivity contribution < 1.29 is 19.2 Å². The van der Waals surface area contributed by atoms with Crippen LogP contribution < -0.4 is 16.0 Å². The number of carbonyl (C=O) groups excluding carboxylic acids is 2. The average Bonchev–Trinajstić information content (AvgIpc) is 2.83. The molecule has 0 saturated heterocycles. The van der Waals surface area contributed by atoms with E-state index >= 15 is 0 Å². The Labute approximate surface area is 196 Å². The highest BCUT2D eigenvalue weighted by Crippen LogP contribution is 2.38. The van der Waals surface area contributed by atoms with Crippen LogP contribution in [-0.2, 0) is 9.53 Å². The summed E-state index contributed by atoms with van der Waals surface area (Å²) >= 11 is 0. The molecule has 1 unspecified atom stereocenters. The monoisotopic (exact) mass is 463 g/mol. The van der Waals surface area contributed by atoms with Gasteiger partial charge in [-0.15, -0.1) is 0 Å². The van der Waals surface area contributed by atoms with Crippen molar-refractivity contribution in [2.45, 2.75) is 25.9 Å². The number of hydrogen-bond acceptors (Lipinski definition) is 8. The molecule has 3 N–H and O–H groups in total. The molecular formula is C24H25N5O5. The molecule has 10 nitrogen and oxygen atoms in total. The minimum Gasteiger partial charge on any atom is -0.450 e. The summed E-state index contributed by atoms with van der Waals surface area (Å²) < 4.78 is 4.90. The Kier molecular flexibility index (Phi) is 8.11. The normalized spacial score (nSPS) is 11.4. The summed E-state index contributed by atoms with van der Waals surface area (Å²) in [4.78, 5) is 38.9. The second-order valence-corrected chi connectivity index (χ2v) is 7.32. The molecular weight excluding hydrogens is 438 g/mol. The molecule has 1 amide bonds. The fraction of sp³-hybridized carbons (Fsp3) is 0.208. The van der Waals surface area contributed by atoms with Gasteiger partial charge in [0.15, 0.2) is 0 Å². The number of nitrogens with one attached hydrogen (secondary N) is 3. The highest BCUT2D eigenvalue weighted by Gasteiger charge is 2.27. The Morgan fingerprint density at radius 2 is 1.68 bits per heavy atom. The Balaban J connectivity index is 2.14. The van der Waals surface area contributed by atoms with Gasteiger partial charge in [0, 0.05) is 6.07 Å². The molecule has 0 aliphatic carbocycles. The quantitative estimate of drug-likeness (QED) is 0.222. The summed E-state index contributed by atoms with van der Waals surface area (Å²) in [5.74, 6) is -0.145. The van der Waals surface area contributed by atoms with Gasteiger partial charge >= 0.3 is 11.8 Å². The summed E-state index contributed by atoms with van der Waals surface area (Å²) in [6, 6.07) is 19.0. The van der Waals surface area contributed by atoms with Gasteiger partial charge in [-0.05, 0) is 25.0 Å². The minimum absolute atomic E-state index is 0.0204. The lowest BCUT2D eigenvalue weighted by Crippen LogP contribution is -2.21. The van der Waals surface area contributed by atoms with E-state index in [2.05, 4.69) is 20.9 Å². The number of amides is 1. The number of carbonyl (C=O) groups is 2. The van der Waals surface area contributed by atoms with Gasteiger partial charge in [-0.25, -0.2) is 9.78 Å². The molecule has 3 aromatic rings. The second kappa shape index (κ2) is 11.4. The Hall–Kier alpha value is -4.47. The predicted molar refractivity (Wildman–Crippen MR) is 129 cm³/mol. The third-order valence-electron chi connectivity index (χ3n) is 4.82. The van der Waals surface area contributed by atoms with E-state index < -0.39 is 23.1 Å². The van der Waals surface area contributed by atoms with Gasteiger partial charge in [-0.2, -0.15) is 0 Å². The second-order valence-electron chi connectivity index (χ2n) is 7.32. The summed E-state index contributed by atoms with van der Waals surface area (Å²) in [6.45, 7) is 3.33. The van der Waals surface area contributed by atoms with Gasteiger partial charge < -0.3 is 20.2 Å². The van der Waals surface area contributed by atoms with E-state index in [0.29, 0.717) is 6.29 Å². The van der Waals surface area contributed by atoms with Crippen molar-refractivity contribution in [1.82, 2.24) is 4.98 Å². The Morgan fingerprint density at radius 3 is 2.18 bits per heavy atom. The lowest BCUT2D eigenvalue weighted by Gasteiger charge is -2.22. The van der Waals surface area contributed by atoms with Crippen LogP contribution in [0.15, 0.2) is 66.7 Å². The molecule has 34 heavy (non-hydrogen) atoms. The first-order valence-electron chi connectivity index (χ1n) is 10.6. The number of benzene rings is 2. The Bertz CT molecular complexity index is 1100. The van der Waals surface area contributed by atoms with Gasteiger partial charge in [0.25, 0.3) is 0 Å². The fourth-order valence-electron chi connectivity index (χ4n) is 3.32. The zero-order chi connectivity index (χ0) is 24.5. The molecule has 0 bridgehead atoms. The summed E-state index contributed by atoms with van der Waals surface area (Å²) in [6.07, 6.45) is -0.160. The van der Waals surface area contributed by atoms with Crippen molar-refractivity contribution in [1.29, 1.82) is 0 Å². The maximum absolute atomic E-state index is 12.1. The van der Waals surface area contributed by atoms with E-state index in [1.165, 1.54) is 13.0 Å².